The normalized spacial score (nSPS) is 18.7. The van der Waals surface area contributed by atoms with Gasteiger partial charge in [-0.3, -0.25) is 10.3 Å². The molecule has 0 aromatic heterocycles. The van der Waals surface area contributed by atoms with Gasteiger partial charge in [-0.05, 0) is 57.2 Å². The third-order valence-electron chi connectivity index (χ3n) is 5.54. The molecule has 2 atom stereocenters. The number of halogens is 1. The molecular formula is C25H25BrN2O2. The van der Waals surface area contributed by atoms with Crippen LogP contribution in [0.4, 0.5) is 0 Å². The fourth-order valence-electron chi connectivity index (χ4n) is 3.82. The van der Waals surface area contributed by atoms with Crippen molar-refractivity contribution in [2.24, 2.45) is 4.99 Å². The van der Waals surface area contributed by atoms with Gasteiger partial charge in [-0.2, -0.15) is 0 Å². The van der Waals surface area contributed by atoms with Crippen LogP contribution in [-0.2, 0) is 6.42 Å². The first-order valence-electron chi connectivity index (χ1n) is 10.1. The summed E-state index contributed by atoms with van der Waals surface area (Å²) in [5.41, 5.74) is 5.37. The van der Waals surface area contributed by atoms with Crippen LogP contribution in [0.5, 0.6) is 11.5 Å². The van der Waals surface area contributed by atoms with E-state index in [2.05, 4.69) is 52.4 Å². The van der Waals surface area contributed by atoms with Gasteiger partial charge in [0.15, 0.2) is 0 Å². The van der Waals surface area contributed by atoms with Crippen molar-refractivity contribution in [3.05, 3.63) is 93.5 Å². The monoisotopic (exact) mass is 464 g/mol. The SMILES string of the molecule is CCc1ccc(C2=NC(c3ccc(OC)c(Br)c3)NC(c3ccccc3O)C2)cc1. The number of nitrogens with zero attached hydrogens (tertiary/aromatic N) is 1. The number of hydrogen-bond donors (Lipinski definition) is 2. The minimum Gasteiger partial charge on any atom is -0.508 e. The Bertz CT molecular complexity index is 1060. The molecule has 2 unspecified atom stereocenters. The number of aryl methyl sites for hydroxylation is 1. The molecule has 2 N–H and O–H groups in total. The molecule has 0 fully saturated rings. The van der Waals surface area contributed by atoms with Crippen molar-refractivity contribution in [2.75, 3.05) is 7.11 Å². The van der Waals surface area contributed by atoms with E-state index >= 15 is 0 Å². The van der Waals surface area contributed by atoms with E-state index in [-0.39, 0.29) is 12.2 Å². The molecule has 1 aliphatic heterocycles. The number of aliphatic imine (C=N–C) groups is 1. The molecule has 0 bridgehead atoms. The van der Waals surface area contributed by atoms with Crippen LogP contribution in [0.15, 0.2) is 76.2 Å². The highest BCUT2D eigenvalue weighted by molar-refractivity contribution is 9.10. The highest BCUT2D eigenvalue weighted by Gasteiger charge is 2.27. The molecule has 0 aliphatic carbocycles. The summed E-state index contributed by atoms with van der Waals surface area (Å²) in [5.74, 6) is 1.08. The Morgan fingerprint density at radius 2 is 1.87 bits per heavy atom. The summed E-state index contributed by atoms with van der Waals surface area (Å²) in [5, 5.41) is 14.1. The second-order valence-corrected chi connectivity index (χ2v) is 8.26. The molecule has 0 spiro atoms. The first-order chi connectivity index (χ1) is 14.6. The maximum absolute atomic E-state index is 10.5. The molecule has 1 heterocycles. The second kappa shape index (κ2) is 9.02. The Balaban J connectivity index is 1.74. The lowest BCUT2D eigenvalue weighted by molar-refractivity contribution is 0.406. The molecule has 0 amide bonds. The Morgan fingerprint density at radius 1 is 1.10 bits per heavy atom. The zero-order chi connectivity index (χ0) is 21.1. The smallest absolute Gasteiger partial charge is 0.133 e. The fraction of sp³-hybridized carbons (Fsp3) is 0.240. The van der Waals surface area contributed by atoms with E-state index < -0.39 is 0 Å². The molecule has 3 aromatic rings. The number of para-hydroxylation sites is 1. The molecule has 0 saturated heterocycles. The van der Waals surface area contributed by atoms with Crippen LogP contribution < -0.4 is 10.1 Å². The number of nitrogens with one attached hydrogen (secondary N) is 1. The van der Waals surface area contributed by atoms with Crippen molar-refractivity contribution in [2.45, 2.75) is 32.0 Å². The third kappa shape index (κ3) is 4.27. The summed E-state index contributed by atoms with van der Waals surface area (Å²) >= 11 is 3.58. The average molecular weight is 465 g/mol. The Hall–Kier alpha value is -2.63. The summed E-state index contributed by atoms with van der Waals surface area (Å²) in [6.45, 7) is 2.16. The lowest BCUT2D eigenvalue weighted by Gasteiger charge is -2.31. The van der Waals surface area contributed by atoms with Crippen molar-refractivity contribution in [1.82, 2.24) is 5.32 Å². The Morgan fingerprint density at radius 3 is 2.53 bits per heavy atom. The van der Waals surface area contributed by atoms with Gasteiger partial charge in [0.1, 0.15) is 17.7 Å². The molecule has 5 heteroatoms. The summed E-state index contributed by atoms with van der Waals surface area (Å²) in [7, 11) is 1.66. The van der Waals surface area contributed by atoms with Gasteiger partial charge in [-0.25, -0.2) is 0 Å². The first kappa shape index (κ1) is 20.6. The fourth-order valence-corrected chi connectivity index (χ4v) is 4.38. The van der Waals surface area contributed by atoms with E-state index in [0.717, 1.165) is 39.0 Å². The predicted molar refractivity (Wildman–Crippen MR) is 124 cm³/mol. The Kier molecular flexibility index (Phi) is 6.21. The van der Waals surface area contributed by atoms with Gasteiger partial charge in [-0.15, -0.1) is 0 Å². The van der Waals surface area contributed by atoms with Crippen molar-refractivity contribution in [3.8, 4) is 11.5 Å². The van der Waals surface area contributed by atoms with Crippen molar-refractivity contribution in [3.63, 3.8) is 0 Å². The van der Waals surface area contributed by atoms with E-state index in [1.807, 2.05) is 36.4 Å². The predicted octanol–water partition coefficient (Wildman–Crippen LogP) is 5.95. The minimum atomic E-state index is -0.230. The van der Waals surface area contributed by atoms with Gasteiger partial charge < -0.3 is 9.84 Å². The summed E-state index contributed by atoms with van der Waals surface area (Å²) in [4.78, 5) is 5.04. The number of methoxy groups -OCH3 is 1. The van der Waals surface area contributed by atoms with Crippen LogP contribution in [0.25, 0.3) is 0 Å². The van der Waals surface area contributed by atoms with Crippen LogP contribution in [0.1, 0.15) is 47.8 Å². The molecule has 154 valence electrons. The summed E-state index contributed by atoms with van der Waals surface area (Å²) in [6.07, 6.45) is 1.49. The van der Waals surface area contributed by atoms with Crippen LogP contribution in [-0.4, -0.2) is 17.9 Å². The lowest BCUT2D eigenvalue weighted by atomic mass is 9.93. The molecule has 0 radical (unpaired) electrons. The van der Waals surface area contributed by atoms with E-state index in [0.29, 0.717) is 12.2 Å². The zero-order valence-corrected chi connectivity index (χ0v) is 18.7. The molecule has 0 saturated carbocycles. The second-order valence-electron chi connectivity index (χ2n) is 7.40. The number of phenols is 1. The number of ether oxygens (including phenoxy) is 1. The highest BCUT2D eigenvalue weighted by atomic mass is 79.9. The molecule has 1 aliphatic rings. The molecule has 30 heavy (non-hydrogen) atoms. The number of phenolic OH excluding ortho intramolecular Hbond substituents is 1. The van der Waals surface area contributed by atoms with E-state index in [1.165, 1.54) is 5.56 Å². The number of rotatable bonds is 5. The maximum atomic E-state index is 10.5. The lowest BCUT2D eigenvalue weighted by Crippen LogP contribution is -2.33. The molecule has 4 nitrogen and oxygen atoms in total. The number of aromatic hydroxyl groups is 1. The number of hydrogen-bond acceptors (Lipinski definition) is 4. The Labute approximate surface area is 185 Å². The van der Waals surface area contributed by atoms with Crippen LogP contribution in [0, 0.1) is 0 Å². The van der Waals surface area contributed by atoms with E-state index in [9.17, 15) is 5.11 Å². The highest BCUT2D eigenvalue weighted by Crippen LogP contribution is 2.36. The van der Waals surface area contributed by atoms with Gasteiger partial charge >= 0.3 is 0 Å². The van der Waals surface area contributed by atoms with Gasteiger partial charge in [0.25, 0.3) is 0 Å². The van der Waals surface area contributed by atoms with E-state index in [1.54, 1.807) is 13.2 Å². The average Bonchev–Trinajstić information content (AvgIpc) is 2.79. The van der Waals surface area contributed by atoms with Crippen LogP contribution >= 0.6 is 15.9 Å². The zero-order valence-electron chi connectivity index (χ0n) is 17.1. The van der Waals surface area contributed by atoms with Crippen molar-refractivity contribution < 1.29 is 9.84 Å². The van der Waals surface area contributed by atoms with Gasteiger partial charge in [0, 0.05) is 23.7 Å². The van der Waals surface area contributed by atoms with Crippen molar-refractivity contribution >= 4 is 21.6 Å². The third-order valence-corrected chi connectivity index (χ3v) is 6.16. The quantitative estimate of drug-likeness (QED) is 0.490. The largest absolute Gasteiger partial charge is 0.508 e. The molecule has 4 rings (SSSR count). The minimum absolute atomic E-state index is 0.0459. The van der Waals surface area contributed by atoms with Gasteiger partial charge in [-0.1, -0.05) is 55.5 Å². The van der Waals surface area contributed by atoms with Crippen molar-refractivity contribution in [1.29, 1.82) is 0 Å². The number of benzene rings is 3. The maximum Gasteiger partial charge on any atom is 0.133 e. The van der Waals surface area contributed by atoms with Crippen LogP contribution in [0.3, 0.4) is 0 Å². The standard InChI is InChI=1S/C25H25BrN2O2/c1-3-16-8-10-17(11-9-16)21-15-22(19-6-4-5-7-23(19)29)28-25(27-21)18-12-13-24(30-2)20(26)14-18/h4-14,22,25,28-29H,3,15H2,1-2H3. The van der Waals surface area contributed by atoms with Crippen LogP contribution in [0.2, 0.25) is 0 Å². The van der Waals surface area contributed by atoms with Gasteiger partial charge in [0.05, 0.1) is 11.6 Å². The first-order valence-corrected chi connectivity index (χ1v) is 10.9. The molecular weight excluding hydrogens is 440 g/mol. The summed E-state index contributed by atoms with van der Waals surface area (Å²) < 4.78 is 6.26. The molecule has 3 aromatic carbocycles. The van der Waals surface area contributed by atoms with E-state index in [4.69, 9.17) is 9.73 Å². The van der Waals surface area contributed by atoms with Gasteiger partial charge in [0.2, 0.25) is 0 Å². The summed E-state index contributed by atoms with van der Waals surface area (Å²) in [6, 6.07) is 22.1. The topological polar surface area (TPSA) is 53.8 Å².